The number of halogens is 3. The molecule has 0 aliphatic rings. The Hall–Kier alpha value is -2.27. The van der Waals surface area contributed by atoms with Gasteiger partial charge in [-0.1, -0.05) is 35.9 Å². The van der Waals surface area contributed by atoms with Gasteiger partial charge in [-0.05, 0) is 56.7 Å². The number of alkyl halides is 3. The highest BCUT2D eigenvalue weighted by molar-refractivity contribution is 7.99. The van der Waals surface area contributed by atoms with Crippen molar-refractivity contribution < 1.29 is 13.2 Å². The van der Waals surface area contributed by atoms with Gasteiger partial charge < -0.3 is 0 Å². The smallest absolute Gasteiger partial charge is 0.253 e. The first-order valence-electron chi connectivity index (χ1n) is 8.62. The number of aromatic nitrogens is 1. The number of aryl methyl sites for hydroxylation is 2. The molecule has 0 amide bonds. The summed E-state index contributed by atoms with van der Waals surface area (Å²) in [5.41, 5.74) is 3.94. The minimum atomic E-state index is -4.33. The second-order valence-corrected chi connectivity index (χ2v) is 7.94. The number of rotatable bonds is 4. The van der Waals surface area contributed by atoms with Crippen molar-refractivity contribution in [1.82, 2.24) is 4.98 Å². The Balaban J connectivity index is 1.81. The molecule has 1 nitrogen and oxygen atoms in total. The Labute approximate surface area is 161 Å². The summed E-state index contributed by atoms with van der Waals surface area (Å²) in [4.78, 5) is 5.82. The number of pyridine rings is 1. The molecule has 0 saturated heterocycles. The lowest BCUT2D eigenvalue weighted by Crippen LogP contribution is -2.04. The fourth-order valence-corrected chi connectivity index (χ4v) is 4.14. The van der Waals surface area contributed by atoms with E-state index in [0.717, 1.165) is 23.4 Å². The van der Waals surface area contributed by atoms with Crippen molar-refractivity contribution in [2.24, 2.45) is 0 Å². The Bertz CT molecular complexity index is 933. The van der Waals surface area contributed by atoms with Crippen molar-refractivity contribution in [3.63, 3.8) is 0 Å². The molecule has 3 aromatic rings. The number of hydrogen-bond donors (Lipinski definition) is 0. The molecule has 27 heavy (non-hydrogen) atoms. The lowest BCUT2D eigenvalue weighted by Gasteiger charge is -2.15. The van der Waals surface area contributed by atoms with Crippen LogP contribution < -0.4 is 0 Å². The molecule has 0 spiro atoms. The van der Waals surface area contributed by atoms with Gasteiger partial charge in [0.2, 0.25) is 0 Å². The van der Waals surface area contributed by atoms with Gasteiger partial charge in [0, 0.05) is 21.4 Å². The largest absolute Gasteiger partial charge is 0.416 e. The average molecular weight is 387 g/mol. The van der Waals surface area contributed by atoms with Gasteiger partial charge in [0.25, 0.3) is 0 Å². The maximum Gasteiger partial charge on any atom is 0.416 e. The molecule has 0 radical (unpaired) electrons. The molecule has 0 fully saturated rings. The highest BCUT2D eigenvalue weighted by Crippen LogP contribution is 2.37. The molecule has 2 aromatic carbocycles. The summed E-state index contributed by atoms with van der Waals surface area (Å²) >= 11 is 1.77. The number of hydrogen-bond acceptors (Lipinski definition) is 2. The molecule has 3 rings (SSSR count). The Morgan fingerprint density at radius 2 is 1.63 bits per heavy atom. The van der Waals surface area contributed by atoms with Crippen molar-refractivity contribution in [3.8, 4) is 11.3 Å². The van der Waals surface area contributed by atoms with Crippen LogP contribution in [0.4, 0.5) is 13.2 Å². The Morgan fingerprint density at radius 3 is 2.22 bits per heavy atom. The molecule has 1 unspecified atom stereocenters. The van der Waals surface area contributed by atoms with E-state index in [4.69, 9.17) is 0 Å². The van der Waals surface area contributed by atoms with Crippen molar-refractivity contribution in [2.45, 2.75) is 37.1 Å². The summed E-state index contributed by atoms with van der Waals surface area (Å²) in [7, 11) is 0. The molecule has 1 aromatic heterocycles. The standard InChI is InChI=1S/C22H20F3NS/c1-14-5-4-6-19(13-14)27-16(3)20-11-12-21(26-15(20)2)17-7-9-18(10-8-17)22(23,24)25/h4-13,16H,1-3H3. The Morgan fingerprint density at radius 1 is 0.926 bits per heavy atom. The molecule has 0 N–H and O–H groups in total. The van der Waals surface area contributed by atoms with Crippen LogP contribution in [-0.4, -0.2) is 4.98 Å². The molecular formula is C22H20F3NS. The lowest BCUT2D eigenvalue weighted by molar-refractivity contribution is -0.137. The van der Waals surface area contributed by atoms with E-state index in [1.807, 2.05) is 25.1 Å². The summed E-state index contributed by atoms with van der Waals surface area (Å²) in [6, 6.07) is 17.4. The van der Waals surface area contributed by atoms with E-state index in [-0.39, 0.29) is 5.25 Å². The minimum absolute atomic E-state index is 0.223. The molecule has 1 atom stereocenters. The molecule has 0 aliphatic heterocycles. The van der Waals surface area contributed by atoms with Crippen LogP contribution >= 0.6 is 11.8 Å². The van der Waals surface area contributed by atoms with Crippen molar-refractivity contribution in [2.75, 3.05) is 0 Å². The van der Waals surface area contributed by atoms with Gasteiger partial charge in [-0.3, -0.25) is 4.98 Å². The van der Waals surface area contributed by atoms with Crippen LogP contribution in [0.1, 0.15) is 34.6 Å². The fourth-order valence-electron chi connectivity index (χ4n) is 2.95. The first-order chi connectivity index (χ1) is 12.7. The van der Waals surface area contributed by atoms with Gasteiger partial charge in [-0.2, -0.15) is 13.2 Å². The zero-order chi connectivity index (χ0) is 19.6. The fraction of sp³-hybridized carbons (Fsp3) is 0.227. The first-order valence-corrected chi connectivity index (χ1v) is 9.50. The summed E-state index contributed by atoms with van der Waals surface area (Å²) in [5, 5.41) is 0.223. The van der Waals surface area contributed by atoms with E-state index in [9.17, 15) is 13.2 Å². The van der Waals surface area contributed by atoms with Gasteiger partial charge in [0.05, 0.1) is 11.3 Å². The number of benzene rings is 2. The predicted octanol–water partition coefficient (Wildman–Crippen LogP) is 7.24. The third kappa shape index (κ3) is 4.72. The van der Waals surface area contributed by atoms with E-state index in [1.54, 1.807) is 11.8 Å². The van der Waals surface area contributed by atoms with E-state index < -0.39 is 11.7 Å². The maximum atomic E-state index is 12.7. The monoisotopic (exact) mass is 387 g/mol. The maximum absolute atomic E-state index is 12.7. The van der Waals surface area contributed by atoms with Gasteiger partial charge >= 0.3 is 6.18 Å². The number of thioether (sulfide) groups is 1. The second-order valence-electron chi connectivity index (χ2n) is 6.52. The molecule has 0 bridgehead atoms. The topological polar surface area (TPSA) is 12.9 Å². The molecule has 140 valence electrons. The van der Waals surface area contributed by atoms with Gasteiger partial charge in [-0.25, -0.2) is 0 Å². The molecule has 0 aliphatic carbocycles. The lowest BCUT2D eigenvalue weighted by atomic mass is 10.1. The average Bonchev–Trinajstić information content (AvgIpc) is 2.61. The summed E-state index contributed by atoms with van der Waals surface area (Å²) in [5.74, 6) is 0. The van der Waals surface area contributed by atoms with Crippen molar-refractivity contribution in [1.29, 1.82) is 0 Å². The summed E-state index contributed by atoms with van der Waals surface area (Å²) in [6.07, 6.45) is -4.33. The SMILES string of the molecule is Cc1cccc(SC(C)c2ccc(-c3ccc(C(F)(F)F)cc3)nc2C)c1. The molecular weight excluding hydrogens is 367 g/mol. The quantitative estimate of drug-likeness (QED) is 0.438. The molecule has 0 saturated carbocycles. The van der Waals surface area contributed by atoms with Crippen LogP contribution in [0.15, 0.2) is 65.6 Å². The normalized spacial score (nSPS) is 12.8. The van der Waals surface area contributed by atoms with E-state index in [1.165, 1.54) is 22.6 Å². The zero-order valence-electron chi connectivity index (χ0n) is 15.3. The minimum Gasteiger partial charge on any atom is -0.253 e. The van der Waals surface area contributed by atoms with Crippen molar-refractivity contribution in [3.05, 3.63) is 83.0 Å². The predicted molar refractivity (Wildman–Crippen MR) is 105 cm³/mol. The van der Waals surface area contributed by atoms with Gasteiger partial charge in [0.15, 0.2) is 0 Å². The van der Waals surface area contributed by atoms with Gasteiger partial charge in [-0.15, -0.1) is 11.8 Å². The molecule has 5 heteroatoms. The third-order valence-electron chi connectivity index (χ3n) is 4.38. The van der Waals surface area contributed by atoms with Crippen LogP contribution in [0.3, 0.4) is 0 Å². The van der Waals surface area contributed by atoms with Crippen LogP contribution in [0.5, 0.6) is 0 Å². The third-order valence-corrected chi connectivity index (χ3v) is 5.51. The zero-order valence-corrected chi connectivity index (χ0v) is 16.2. The highest BCUT2D eigenvalue weighted by atomic mass is 32.2. The van der Waals surface area contributed by atoms with Crippen LogP contribution in [-0.2, 0) is 6.18 Å². The van der Waals surface area contributed by atoms with Crippen LogP contribution in [0, 0.1) is 13.8 Å². The second kappa shape index (κ2) is 7.77. The van der Waals surface area contributed by atoms with E-state index in [0.29, 0.717) is 11.3 Å². The Kier molecular flexibility index (Phi) is 5.61. The van der Waals surface area contributed by atoms with Crippen LogP contribution in [0.2, 0.25) is 0 Å². The summed E-state index contributed by atoms with van der Waals surface area (Å²) in [6.45, 7) is 6.14. The number of nitrogens with zero attached hydrogens (tertiary/aromatic N) is 1. The van der Waals surface area contributed by atoms with Gasteiger partial charge in [0.1, 0.15) is 0 Å². The summed E-state index contributed by atoms with van der Waals surface area (Å²) < 4.78 is 38.1. The van der Waals surface area contributed by atoms with Crippen molar-refractivity contribution >= 4 is 11.8 Å². The van der Waals surface area contributed by atoms with E-state index >= 15 is 0 Å². The van der Waals surface area contributed by atoms with Crippen LogP contribution in [0.25, 0.3) is 11.3 Å². The van der Waals surface area contributed by atoms with E-state index in [2.05, 4.69) is 37.0 Å². The molecule has 1 heterocycles. The first kappa shape index (κ1) is 19.5. The highest BCUT2D eigenvalue weighted by Gasteiger charge is 2.30.